The van der Waals surface area contributed by atoms with Crippen LogP contribution in [0.2, 0.25) is 0 Å². The minimum atomic E-state index is 0.104. The minimum Gasteiger partial charge on any atom is -0.125 e. The van der Waals surface area contributed by atoms with E-state index in [-0.39, 0.29) is 4.75 Å². The Morgan fingerprint density at radius 3 is 2.00 bits per heavy atom. The van der Waals surface area contributed by atoms with Gasteiger partial charge < -0.3 is 0 Å². The third kappa shape index (κ3) is 3.42. The van der Waals surface area contributed by atoms with Crippen LogP contribution in [0.1, 0.15) is 30.5 Å². The SMILES string of the molecule is Cc1cc(C)c(SC(C)(C)CCl)c(C)c1. The van der Waals surface area contributed by atoms with Crippen molar-refractivity contribution >= 4 is 23.4 Å². The molecule has 0 amide bonds. The van der Waals surface area contributed by atoms with Crippen molar-refractivity contribution in [3.8, 4) is 0 Å². The molecule has 0 heterocycles. The van der Waals surface area contributed by atoms with Crippen LogP contribution < -0.4 is 0 Å². The molecule has 1 rings (SSSR count). The molecule has 1 aromatic carbocycles. The highest BCUT2D eigenvalue weighted by atomic mass is 35.5. The smallest absolute Gasteiger partial charge is 0.0369 e. The normalized spacial score (nSPS) is 11.9. The van der Waals surface area contributed by atoms with Gasteiger partial charge in [-0.05, 0) is 45.7 Å². The van der Waals surface area contributed by atoms with Gasteiger partial charge >= 0.3 is 0 Å². The van der Waals surface area contributed by atoms with E-state index >= 15 is 0 Å². The molecule has 0 aromatic heterocycles. The lowest BCUT2D eigenvalue weighted by Gasteiger charge is -2.23. The molecule has 0 saturated heterocycles. The second kappa shape index (κ2) is 4.80. The first kappa shape index (κ1) is 12.9. The molecular weight excluding hydrogens is 224 g/mol. The van der Waals surface area contributed by atoms with Crippen LogP contribution in [0.3, 0.4) is 0 Å². The molecule has 0 radical (unpaired) electrons. The van der Waals surface area contributed by atoms with Gasteiger partial charge in [-0.15, -0.1) is 23.4 Å². The summed E-state index contributed by atoms with van der Waals surface area (Å²) in [6.07, 6.45) is 0. The zero-order valence-electron chi connectivity index (χ0n) is 10.1. The van der Waals surface area contributed by atoms with Crippen molar-refractivity contribution in [1.29, 1.82) is 0 Å². The van der Waals surface area contributed by atoms with Gasteiger partial charge in [0.2, 0.25) is 0 Å². The topological polar surface area (TPSA) is 0 Å². The number of rotatable bonds is 3. The Labute approximate surface area is 102 Å². The van der Waals surface area contributed by atoms with E-state index in [2.05, 4.69) is 46.8 Å². The molecule has 0 unspecified atom stereocenters. The van der Waals surface area contributed by atoms with Crippen LogP contribution in [0.15, 0.2) is 17.0 Å². The van der Waals surface area contributed by atoms with Crippen molar-refractivity contribution in [2.24, 2.45) is 0 Å². The molecule has 0 aliphatic rings. The molecule has 1 aromatic rings. The van der Waals surface area contributed by atoms with Crippen LogP contribution in [0.5, 0.6) is 0 Å². The Hall–Kier alpha value is -0.140. The summed E-state index contributed by atoms with van der Waals surface area (Å²) >= 11 is 7.83. The van der Waals surface area contributed by atoms with Gasteiger partial charge in [0.1, 0.15) is 0 Å². The highest BCUT2D eigenvalue weighted by Gasteiger charge is 2.20. The van der Waals surface area contributed by atoms with Gasteiger partial charge in [0, 0.05) is 15.5 Å². The number of aryl methyl sites for hydroxylation is 3. The highest BCUT2D eigenvalue weighted by Crippen LogP contribution is 2.37. The number of halogens is 1. The summed E-state index contributed by atoms with van der Waals surface area (Å²) < 4.78 is 0.104. The summed E-state index contributed by atoms with van der Waals surface area (Å²) in [4.78, 5) is 1.38. The number of alkyl halides is 1. The highest BCUT2D eigenvalue weighted by molar-refractivity contribution is 8.00. The predicted molar refractivity (Wildman–Crippen MR) is 71.3 cm³/mol. The third-order valence-electron chi connectivity index (χ3n) is 2.30. The average molecular weight is 243 g/mol. The molecular formula is C13H19ClS. The van der Waals surface area contributed by atoms with Gasteiger partial charge in [0.25, 0.3) is 0 Å². The Bertz CT molecular complexity index is 333. The molecule has 0 aliphatic carbocycles. The molecule has 2 heteroatoms. The number of thioether (sulfide) groups is 1. The van der Waals surface area contributed by atoms with E-state index in [9.17, 15) is 0 Å². The molecule has 0 saturated carbocycles. The van der Waals surface area contributed by atoms with Crippen LogP contribution in [0.25, 0.3) is 0 Å². The second-order valence-corrected chi connectivity index (χ2v) is 6.71. The van der Waals surface area contributed by atoms with E-state index in [0.717, 1.165) is 0 Å². The van der Waals surface area contributed by atoms with E-state index in [1.54, 1.807) is 0 Å². The minimum absolute atomic E-state index is 0.104. The predicted octanol–water partition coefficient (Wildman–Crippen LogP) is 4.72. The van der Waals surface area contributed by atoms with Crippen LogP contribution in [0.4, 0.5) is 0 Å². The monoisotopic (exact) mass is 242 g/mol. The fraction of sp³-hybridized carbons (Fsp3) is 0.538. The summed E-state index contributed by atoms with van der Waals surface area (Å²) in [5.74, 6) is 0.671. The van der Waals surface area contributed by atoms with E-state index in [4.69, 9.17) is 11.6 Å². The van der Waals surface area contributed by atoms with Gasteiger partial charge in [-0.1, -0.05) is 17.7 Å². The quantitative estimate of drug-likeness (QED) is 0.546. The van der Waals surface area contributed by atoms with Crippen LogP contribution in [0, 0.1) is 20.8 Å². The largest absolute Gasteiger partial charge is 0.125 e. The zero-order chi connectivity index (χ0) is 11.6. The van der Waals surface area contributed by atoms with E-state index in [1.807, 2.05) is 11.8 Å². The molecule has 0 aliphatic heterocycles. The van der Waals surface area contributed by atoms with Crippen molar-refractivity contribution in [2.75, 3.05) is 5.88 Å². The summed E-state index contributed by atoms with van der Waals surface area (Å²) in [5.41, 5.74) is 4.05. The zero-order valence-corrected chi connectivity index (χ0v) is 11.7. The summed E-state index contributed by atoms with van der Waals surface area (Å²) in [7, 11) is 0. The second-order valence-electron chi connectivity index (χ2n) is 4.72. The Kier molecular flexibility index (Phi) is 4.13. The van der Waals surface area contributed by atoms with Crippen molar-refractivity contribution < 1.29 is 0 Å². The van der Waals surface area contributed by atoms with E-state index in [0.29, 0.717) is 5.88 Å². The fourth-order valence-electron chi connectivity index (χ4n) is 1.63. The maximum absolute atomic E-state index is 5.96. The van der Waals surface area contributed by atoms with Gasteiger partial charge in [-0.3, -0.25) is 0 Å². The molecule has 0 bridgehead atoms. The first-order valence-electron chi connectivity index (χ1n) is 5.18. The van der Waals surface area contributed by atoms with Crippen molar-refractivity contribution in [1.82, 2.24) is 0 Å². The Morgan fingerprint density at radius 1 is 1.13 bits per heavy atom. The van der Waals surface area contributed by atoms with Gasteiger partial charge in [-0.25, -0.2) is 0 Å². The van der Waals surface area contributed by atoms with E-state index in [1.165, 1.54) is 21.6 Å². The summed E-state index contributed by atoms with van der Waals surface area (Å²) in [6, 6.07) is 4.47. The third-order valence-corrected chi connectivity index (χ3v) is 4.68. The van der Waals surface area contributed by atoms with E-state index < -0.39 is 0 Å². The lowest BCUT2D eigenvalue weighted by atomic mass is 10.1. The maximum atomic E-state index is 5.96. The van der Waals surface area contributed by atoms with Crippen molar-refractivity contribution in [3.05, 3.63) is 28.8 Å². The number of hydrogen-bond acceptors (Lipinski definition) is 1. The standard InChI is InChI=1S/C13H19ClS/c1-9-6-10(2)12(11(3)7-9)15-13(4,5)8-14/h6-7H,8H2,1-5H3. The molecule has 84 valence electrons. The first-order chi connectivity index (χ1) is 6.85. The molecule has 0 N–H and O–H groups in total. The molecule has 0 nitrogen and oxygen atoms in total. The molecule has 0 fully saturated rings. The lowest BCUT2D eigenvalue weighted by molar-refractivity contribution is 0.809. The average Bonchev–Trinajstić information content (AvgIpc) is 2.11. The van der Waals surface area contributed by atoms with Crippen LogP contribution >= 0.6 is 23.4 Å². The first-order valence-corrected chi connectivity index (χ1v) is 6.53. The Morgan fingerprint density at radius 2 is 1.60 bits per heavy atom. The van der Waals surface area contributed by atoms with Gasteiger partial charge in [0.05, 0.1) is 0 Å². The van der Waals surface area contributed by atoms with Crippen LogP contribution in [-0.2, 0) is 0 Å². The Balaban J connectivity index is 3.05. The van der Waals surface area contributed by atoms with Crippen molar-refractivity contribution in [2.45, 2.75) is 44.3 Å². The number of benzene rings is 1. The molecule has 0 spiro atoms. The lowest BCUT2D eigenvalue weighted by Crippen LogP contribution is -2.16. The summed E-state index contributed by atoms with van der Waals surface area (Å²) in [5, 5.41) is 0. The number of hydrogen-bond donors (Lipinski definition) is 0. The fourth-order valence-corrected chi connectivity index (χ4v) is 2.84. The summed E-state index contributed by atoms with van der Waals surface area (Å²) in [6.45, 7) is 10.9. The van der Waals surface area contributed by atoms with Gasteiger partial charge in [0.15, 0.2) is 0 Å². The maximum Gasteiger partial charge on any atom is 0.0369 e. The van der Waals surface area contributed by atoms with Crippen molar-refractivity contribution in [3.63, 3.8) is 0 Å². The molecule has 0 atom stereocenters. The molecule has 15 heavy (non-hydrogen) atoms. The van der Waals surface area contributed by atoms with Gasteiger partial charge in [-0.2, -0.15) is 0 Å². The van der Waals surface area contributed by atoms with Crippen LogP contribution in [-0.4, -0.2) is 10.6 Å².